The molecule has 0 saturated carbocycles. The lowest BCUT2D eigenvalue weighted by molar-refractivity contribution is 0.206. The molecule has 2 amide bonds. The molecule has 0 radical (unpaired) electrons. The number of fused-ring (bicyclic) bond motifs is 1. The molecule has 3 aromatic rings. The zero-order valence-electron chi connectivity index (χ0n) is 17.8. The lowest BCUT2D eigenvalue weighted by Gasteiger charge is -2.32. The summed E-state index contributed by atoms with van der Waals surface area (Å²) in [5.74, 6) is 1.77. The van der Waals surface area contributed by atoms with Crippen molar-refractivity contribution in [3.63, 3.8) is 0 Å². The van der Waals surface area contributed by atoms with Crippen molar-refractivity contribution in [3.05, 3.63) is 71.4 Å². The molecule has 1 fully saturated rings. The van der Waals surface area contributed by atoms with E-state index in [-0.39, 0.29) is 6.03 Å². The summed E-state index contributed by atoms with van der Waals surface area (Å²) >= 11 is 0. The van der Waals surface area contributed by atoms with E-state index < -0.39 is 0 Å². The van der Waals surface area contributed by atoms with Gasteiger partial charge in [0.1, 0.15) is 5.82 Å². The number of rotatable bonds is 3. The van der Waals surface area contributed by atoms with Crippen LogP contribution in [0.4, 0.5) is 16.3 Å². The molecule has 3 heterocycles. The maximum absolute atomic E-state index is 12.9. The van der Waals surface area contributed by atoms with E-state index >= 15 is 0 Å². The monoisotopic (exact) mass is 413 g/mol. The second-order valence-corrected chi connectivity index (χ2v) is 8.32. The zero-order valence-corrected chi connectivity index (χ0v) is 17.8. The van der Waals surface area contributed by atoms with Crippen molar-refractivity contribution in [2.45, 2.75) is 32.7 Å². The van der Waals surface area contributed by atoms with E-state index in [0.717, 1.165) is 53.7 Å². The van der Waals surface area contributed by atoms with Crippen molar-refractivity contribution >= 4 is 17.5 Å². The molecule has 6 heteroatoms. The molecule has 0 atom stereocenters. The summed E-state index contributed by atoms with van der Waals surface area (Å²) in [6, 6.07) is 18.0. The Balaban J connectivity index is 1.44. The summed E-state index contributed by atoms with van der Waals surface area (Å²) < 4.78 is 0. The highest BCUT2D eigenvalue weighted by molar-refractivity contribution is 5.89. The van der Waals surface area contributed by atoms with E-state index in [1.54, 1.807) is 0 Å². The van der Waals surface area contributed by atoms with Gasteiger partial charge >= 0.3 is 6.03 Å². The van der Waals surface area contributed by atoms with E-state index in [9.17, 15) is 4.79 Å². The highest BCUT2D eigenvalue weighted by atomic mass is 16.2. The van der Waals surface area contributed by atoms with Crippen LogP contribution in [0.15, 0.2) is 54.6 Å². The Morgan fingerprint density at radius 1 is 0.935 bits per heavy atom. The lowest BCUT2D eigenvalue weighted by Crippen LogP contribution is -2.40. The van der Waals surface area contributed by atoms with Crippen LogP contribution in [-0.4, -0.2) is 40.5 Å². The topological polar surface area (TPSA) is 61.4 Å². The molecule has 0 aliphatic carbocycles. The van der Waals surface area contributed by atoms with Crippen molar-refractivity contribution in [3.8, 4) is 11.4 Å². The third-order valence-corrected chi connectivity index (χ3v) is 6.07. The van der Waals surface area contributed by atoms with Gasteiger partial charge in [0.25, 0.3) is 0 Å². The minimum Gasteiger partial charge on any atom is -0.356 e. The Morgan fingerprint density at radius 3 is 2.42 bits per heavy atom. The fraction of sp³-hybridized carbons (Fsp3) is 0.320. The normalized spacial score (nSPS) is 15.6. The lowest BCUT2D eigenvalue weighted by atomic mass is 10.0. The molecule has 6 nitrogen and oxygen atoms in total. The SMILES string of the molecule is Cc1ccc(NC(=O)N2CCc3nc(-c4ccccc4)nc(N4CCCC4)c3C2)cc1. The summed E-state index contributed by atoms with van der Waals surface area (Å²) in [5.41, 5.74) is 5.18. The van der Waals surface area contributed by atoms with Crippen LogP contribution in [0.25, 0.3) is 11.4 Å². The largest absolute Gasteiger partial charge is 0.356 e. The van der Waals surface area contributed by atoms with Crippen molar-refractivity contribution in [2.75, 3.05) is 29.9 Å². The van der Waals surface area contributed by atoms with Gasteiger partial charge in [-0.25, -0.2) is 14.8 Å². The number of urea groups is 1. The molecule has 5 rings (SSSR count). The molecule has 0 spiro atoms. The maximum Gasteiger partial charge on any atom is 0.322 e. The maximum atomic E-state index is 12.9. The molecule has 2 aromatic carbocycles. The molecule has 31 heavy (non-hydrogen) atoms. The Bertz CT molecular complexity index is 1080. The number of aromatic nitrogens is 2. The molecule has 1 saturated heterocycles. The van der Waals surface area contributed by atoms with Crippen molar-refractivity contribution in [1.29, 1.82) is 0 Å². The highest BCUT2D eigenvalue weighted by Gasteiger charge is 2.28. The third kappa shape index (κ3) is 4.10. The number of amides is 2. The first-order valence-corrected chi connectivity index (χ1v) is 11.0. The number of anilines is 2. The predicted molar refractivity (Wildman–Crippen MR) is 123 cm³/mol. The van der Waals surface area contributed by atoms with Crippen LogP contribution < -0.4 is 10.2 Å². The minimum absolute atomic E-state index is 0.0750. The fourth-order valence-corrected chi connectivity index (χ4v) is 4.32. The Hall–Kier alpha value is -3.41. The molecule has 0 unspecified atom stereocenters. The van der Waals surface area contributed by atoms with Crippen molar-refractivity contribution in [2.24, 2.45) is 0 Å². The fourth-order valence-electron chi connectivity index (χ4n) is 4.32. The second-order valence-electron chi connectivity index (χ2n) is 8.32. The first-order chi connectivity index (χ1) is 15.2. The number of benzene rings is 2. The average molecular weight is 414 g/mol. The molecule has 1 aromatic heterocycles. The van der Waals surface area contributed by atoms with Crippen molar-refractivity contribution in [1.82, 2.24) is 14.9 Å². The van der Waals surface area contributed by atoms with Crippen LogP contribution in [0.5, 0.6) is 0 Å². The van der Waals surface area contributed by atoms with Crippen LogP contribution >= 0.6 is 0 Å². The molecular formula is C25H27N5O. The standard InChI is InChI=1S/C25H27N5O/c1-18-9-11-20(12-10-18)26-25(31)30-16-13-22-21(17-30)24(29-14-5-6-15-29)28-23(27-22)19-7-3-2-4-8-19/h2-4,7-12H,5-6,13-17H2,1H3,(H,26,31). The Morgan fingerprint density at radius 2 is 1.68 bits per heavy atom. The number of nitrogens with zero attached hydrogens (tertiary/aromatic N) is 4. The number of carbonyl (C=O) groups is 1. The summed E-state index contributed by atoms with van der Waals surface area (Å²) in [7, 11) is 0. The van der Waals surface area contributed by atoms with Gasteiger partial charge in [0, 0.05) is 42.9 Å². The van der Waals surface area contributed by atoms with E-state index in [1.165, 1.54) is 18.4 Å². The molecular weight excluding hydrogens is 386 g/mol. The smallest absolute Gasteiger partial charge is 0.322 e. The van der Waals surface area contributed by atoms with Crippen LogP contribution in [0.3, 0.4) is 0 Å². The highest BCUT2D eigenvalue weighted by Crippen LogP contribution is 2.31. The number of carbonyl (C=O) groups excluding carboxylic acids is 1. The minimum atomic E-state index is -0.0750. The van der Waals surface area contributed by atoms with Gasteiger partial charge in [-0.05, 0) is 31.9 Å². The molecule has 158 valence electrons. The number of hydrogen-bond acceptors (Lipinski definition) is 4. The van der Waals surface area contributed by atoms with E-state index in [0.29, 0.717) is 13.1 Å². The van der Waals surface area contributed by atoms with Crippen LogP contribution in [0.1, 0.15) is 29.7 Å². The van der Waals surface area contributed by atoms with Gasteiger partial charge in [-0.3, -0.25) is 0 Å². The van der Waals surface area contributed by atoms with Crippen molar-refractivity contribution < 1.29 is 4.79 Å². The van der Waals surface area contributed by atoms with E-state index in [4.69, 9.17) is 9.97 Å². The van der Waals surface area contributed by atoms with Gasteiger partial charge in [0.15, 0.2) is 5.82 Å². The zero-order chi connectivity index (χ0) is 21.2. The Kier molecular flexibility index (Phi) is 5.28. The summed E-state index contributed by atoms with van der Waals surface area (Å²) in [6.07, 6.45) is 3.09. The average Bonchev–Trinajstić information content (AvgIpc) is 3.35. The number of aryl methyl sites for hydroxylation is 1. The summed E-state index contributed by atoms with van der Waals surface area (Å²) in [4.78, 5) is 27.1. The first-order valence-electron chi connectivity index (χ1n) is 11.0. The first kappa shape index (κ1) is 19.5. The second kappa shape index (κ2) is 8.38. The van der Waals surface area contributed by atoms with E-state index in [2.05, 4.69) is 22.3 Å². The summed E-state index contributed by atoms with van der Waals surface area (Å²) in [6.45, 7) is 5.24. The molecule has 2 aliphatic heterocycles. The number of nitrogens with one attached hydrogen (secondary N) is 1. The van der Waals surface area contributed by atoms with Gasteiger partial charge in [0.2, 0.25) is 0 Å². The summed E-state index contributed by atoms with van der Waals surface area (Å²) in [5, 5.41) is 3.03. The molecule has 0 bridgehead atoms. The van der Waals surface area contributed by atoms with Gasteiger partial charge in [-0.2, -0.15) is 0 Å². The van der Waals surface area contributed by atoms with Crippen LogP contribution in [-0.2, 0) is 13.0 Å². The van der Waals surface area contributed by atoms with E-state index in [1.807, 2.05) is 54.3 Å². The quantitative estimate of drug-likeness (QED) is 0.679. The van der Waals surface area contributed by atoms with Crippen LogP contribution in [0, 0.1) is 6.92 Å². The van der Waals surface area contributed by atoms with Gasteiger partial charge in [-0.15, -0.1) is 0 Å². The Labute approximate surface area is 182 Å². The predicted octanol–water partition coefficient (Wildman–Crippen LogP) is 4.64. The third-order valence-electron chi connectivity index (χ3n) is 6.07. The van der Waals surface area contributed by atoms with Gasteiger partial charge < -0.3 is 15.1 Å². The van der Waals surface area contributed by atoms with Crippen LogP contribution in [0.2, 0.25) is 0 Å². The van der Waals surface area contributed by atoms with Gasteiger partial charge in [0.05, 0.1) is 12.2 Å². The number of hydrogen-bond donors (Lipinski definition) is 1. The van der Waals surface area contributed by atoms with Gasteiger partial charge in [-0.1, -0.05) is 48.0 Å². The molecule has 1 N–H and O–H groups in total. The molecule has 2 aliphatic rings.